The molecule has 0 atom stereocenters. The zero-order valence-corrected chi connectivity index (χ0v) is 7.15. The molecule has 0 aliphatic rings. The Morgan fingerprint density at radius 2 is 1.91 bits per heavy atom. The molecule has 2 rings (SSSR count). The van der Waals surface area contributed by atoms with Crippen LogP contribution in [0.1, 0.15) is 5.82 Å². The summed E-state index contributed by atoms with van der Waals surface area (Å²) in [7, 11) is 0. The van der Waals surface area contributed by atoms with Crippen LogP contribution in [0.25, 0.3) is 5.78 Å². The fourth-order valence-corrected chi connectivity index (χ4v) is 1.00. The molecule has 11 heavy (non-hydrogen) atoms. The van der Waals surface area contributed by atoms with Crippen LogP contribution >= 0.6 is 15.9 Å². The second-order valence-corrected chi connectivity index (χ2v) is 2.64. The molecular weight excluding hydrogens is 212 g/mol. The van der Waals surface area contributed by atoms with E-state index in [0.717, 1.165) is 0 Å². The lowest BCUT2D eigenvalue weighted by atomic mass is 10.8. The van der Waals surface area contributed by atoms with Crippen LogP contribution in [0, 0.1) is 6.92 Å². The van der Waals surface area contributed by atoms with Crippen molar-refractivity contribution in [1.29, 1.82) is 0 Å². The molecule has 2 heterocycles. The lowest BCUT2D eigenvalue weighted by molar-refractivity contribution is 0.772. The topological polar surface area (TPSA) is 68.9 Å². The third-order valence-electron chi connectivity index (χ3n) is 1.12. The Bertz CT molecular complexity index is 394. The number of aromatic nitrogens is 6. The highest BCUT2D eigenvalue weighted by Crippen LogP contribution is 2.03. The molecule has 0 aliphatic heterocycles. The molecule has 6 nitrogen and oxygen atoms in total. The molecule has 0 saturated carbocycles. The molecule has 0 bridgehead atoms. The van der Waals surface area contributed by atoms with Gasteiger partial charge in [0.2, 0.25) is 4.73 Å². The molecule has 0 radical (unpaired) electrons. The molecule has 0 saturated heterocycles. The van der Waals surface area contributed by atoms with Crippen LogP contribution in [0.15, 0.2) is 4.73 Å². The monoisotopic (exact) mass is 214 g/mol. The van der Waals surface area contributed by atoms with Crippen molar-refractivity contribution < 1.29 is 0 Å². The summed E-state index contributed by atoms with van der Waals surface area (Å²) in [5.41, 5.74) is 0. The van der Waals surface area contributed by atoms with Crippen molar-refractivity contribution >= 4 is 21.7 Å². The number of hydrogen-bond donors (Lipinski definition) is 0. The van der Waals surface area contributed by atoms with Crippen LogP contribution < -0.4 is 0 Å². The van der Waals surface area contributed by atoms with E-state index < -0.39 is 0 Å². The first-order valence-electron chi connectivity index (χ1n) is 2.85. The van der Waals surface area contributed by atoms with E-state index in [0.29, 0.717) is 16.3 Å². The van der Waals surface area contributed by atoms with E-state index >= 15 is 0 Å². The Balaban J connectivity index is 2.87. The van der Waals surface area contributed by atoms with Gasteiger partial charge in [-0.15, -0.1) is 25.5 Å². The molecule has 0 aliphatic carbocycles. The van der Waals surface area contributed by atoms with Crippen molar-refractivity contribution in [2.75, 3.05) is 0 Å². The van der Waals surface area contributed by atoms with E-state index in [2.05, 4.69) is 41.4 Å². The minimum absolute atomic E-state index is 0.391. The van der Waals surface area contributed by atoms with Crippen LogP contribution in [0.4, 0.5) is 0 Å². The summed E-state index contributed by atoms with van der Waals surface area (Å²) >= 11 is 3.16. The number of halogens is 1. The third kappa shape index (κ3) is 0.967. The number of hydrogen-bond acceptors (Lipinski definition) is 5. The average molecular weight is 215 g/mol. The Labute approximate surface area is 69.8 Å². The summed E-state index contributed by atoms with van der Waals surface area (Å²) in [4.78, 5) is 0. The van der Waals surface area contributed by atoms with Gasteiger partial charge in [-0.2, -0.15) is 4.52 Å². The minimum atomic E-state index is 0.391. The van der Waals surface area contributed by atoms with E-state index in [1.807, 2.05) is 0 Å². The van der Waals surface area contributed by atoms with E-state index in [9.17, 15) is 0 Å². The van der Waals surface area contributed by atoms with E-state index in [1.165, 1.54) is 4.52 Å². The van der Waals surface area contributed by atoms with Gasteiger partial charge in [0.05, 0.1) is 0 Å². The first-order chi connectivity index (χ1) is 5.27. The van der Waals surface area contributed by atoms with Crippen LogP contribution in [0.3, 0.4) is 0 Å². The number of rotatable bonds is 0. The summed E-state index contributed by atoms with van der Waals surface area (Å²) in [6, 6.07) is 0. The van der Waals surface area contributed by atoms with Crippen molar-refractivity contribution in [3.8, 4) is 0 Å². The van der Waals surface area contributed by atoms with Crippen LogP contribution in [-0.2, 0) is 0 Å². The maximum absolute atomic E-state index is 4.01. The first kappa shape index (κ1) is 6.59. The first-order valence-corrected chi connectivity index (χ1v) is 3.65. The standard InChI is InChI=1S/C4H3BrN6/c1-2-6-8-4-9-7-3(5)11(4)10-2/h1H3. The summed E-state index contributed by atoms with van der Waals surface area (Å²) < 4.78 is 2.01. The van der Waals surface area contributed by atoms with Gasteiger partial charge in [-0.25, -0.2) is 0 Å². The maximum Gasteiger partial charge on any atom is 0.291 e. The highest BCUT2D eigenvalue weighted by atomic mass is 79.9. The second kappa shape index (κ2) is 2.19. The molecular formula is C4H3BrN6. The predicted molar refractivity (Wildman–Crippen MR) is 38.8 cm³/mol. The fourth-order valence-electron chi connectivity index (χ4n) is 0.683. The lowest BCUT2D eigenvalue weighted by Crippen LogP contribution is -2.00. The predicted octanol–water partition coefficient (Wildman–Crippen LogP) is -0.0148. The molecule has 2 aromatic heterocycles. The zero-order chi connectivity index (χ0) is 7.84. The van der Waals surface area contributed by atoms with Crippen molar-refractivity contribution in [2.45, 2.75) is 6.92 Å². The van der Waals surface area contributed by atoms with Crippen molar-refractivity contribution in [3.05, 3.63) is 10.6 Å². The molecule has 0 spiro atoms. The van der Waals surface area contributed by atoms with E-state index in [1.54, 1.807) is 6.92 Å². The minimum Gasteiger partial charge on any atom is -0.167 e. The Morgan fingerprint density at radius 3 is 2.73 bits per heavy atom. The summed E-state index contributed by atoms with van der Waals surface area (Å²) in [5, 5.41) is 18.9. The van der Waals surface area contributed by atoms with Gasteiger partial charge in [0.1, 0.15) is 0 Å². The zero-order valence-electron chi connectivity index (χ0n) is 5.56. The Hall–Kier alpha value is -1.11. The molecule has 7 heteroatoms. The Morgan fingerprint density at radius 1 is 1.18 bits per heavy atom. The van der Waals surface area contributed by atoms with Crippen LogP contribution in [0.2, 0.25) is 0 Å². The van der Waals surface area contributed by atoms with Gasteiger partial charge in [-0.3, -0.25) is 0 Å². The van der Waals surface area contributed by atoms with Crippen LogP contribution in [-0.4, -0.2) is 30.0 Å². The number of fused-ring (bicyclic) bond motifs is 1. The third-order valence-corrected chi connectivity index (χ3v) is 1.61. The SMILES string of the molecule is Cc1nnc2nnc(Br)n2n1. The summed E-state index contributed by atoms with van der Waals surface area (Å²) in [6.45, 7) is 1.75. The molecule has 0 N–H and O–H groups in total. The maximum atomic E-state index is 4.01. The highest BCUT2D eigenvalue weighted by molar-refractivity contribution is 9.10. The van der Waals surface area contributed by atoms with E-state index in [4.69, 9.17) is 0 Å². The molecule has 56 valence electrons. The van der Waals surface area contributed by atoms with Gasteiger partial charge >= 0.3 is 0 Å². The lowest BCUT2D eigenvalue weighted by Gasteiger charge is -1.90. The molecule has 0 unspecified atom stereocenters. The largest absolute Gasteiger partial charge is 0.291 e. The van der Waals surface area contributed by atoms with Gasteiger partial charge in [-0.05, 0) is 22.9 Å². The smallest absolute Gasteiger partial charge is 0.167 e. The van der Waals surface area contributed by atoms with Gasteiger partial charge < -0.3 is 0 Å². The number of nitrogens with zero attached hydrogens (tertiary/aromatic N) is 6. The second-order valence-electron chi connectivity index (χ2n) is 1.93. The number of aryl methyl sites for hydroxylation is 1. The van der Waals surface area contributed by atoms with Gasteiger partial charge in [-0.1, -0.05) is 0 Å². The molecule has 0 aromatic carbocycles. The van der Waals surface area contributed by atoms with Gasteiger partial charge in [0.15, 0.2) is 5.82 Å². The average Bonchev–Trinajstić information content (AvgIpc) is 2.33. The van der Waals surface area contributed by atoms with E-state index in [-0.39, 0.29) is 0 Å². The van der Waals surface area contributed by atoms with Crippen molar-refractivity contribution in [2.24, 2.45) is 0 Å². The molecule has 0 fully saturated rings. The Kier molecular flexibility index (Phi) is 1.31. The fraction of sp³-hybridized carbons (Fsp3) is 0.250. The molecule has 0 amide bonds. The van der Waals surface area contributed by atoms with Gasteiger partial charge in [0, 0.05) is 0 Å². The van der Waals surface area contributed by atoms with Crippen LogP contribution in [0.5, 0.6) is 0 Å². The summed E-state index contributed by atoms with van der Waals surface area (Å²) in [6.07, 6.45) is 0. The molecule has 2 aromatic rings. The quantitative estimate of drug-likeness (QED) is 0.617. The van der Waals surface area contributed by atoms with Gasteiger partial charge in [0.25, 0.3) is 5.78 Å². The van der Waals surface area contributed by atoms with Crippen molar-refractivity contribution in [1.82, 2.24) is 30.0 Å². The highest BCUT2D eigenvalue weighted by Gasteiger charge is 2.03. The normalized spacial score (nSPS) is 10.7. The van der Waals surface area contributed by atoms with Crippen molar-refractivity contribution in [3.63, 3.8) is 0 Å². The summed E-state index contributed by atoms with van der Waals surface area (Å²) in [5.74, 6) is 0.973.